The SMILES string of the molecule is CC(OC(=O)c1cc(=O)[nH]c2ccccc12)C(=O)NCc1ccc2c(c1)OCO2. The Balaban J connectivity index is 1.41. The van der Waals surface area contributed by atoms with Crippen LogP contribution in [0.5, 0.6) is 11.5 Å². The van der Waals surface area contributed by atoms with E-state index in [0.717, 1.165) is 5.56 Å². The Morgan fingerprint density at radius 3 is 2.79 bits per heavy atom. The number of amides is 1. The Morgan fingerprint density at radius 2 is 1.93 bits per heavy atom. The minimum atomic E-state index is -1.03. The zero-order valence-electron chi connectivity index (χ0n) is 15.6. The van der Waals surface area contributed by atoms with Crippen LogP contribution < -0.4 is 20.3 Å². The second-order valence-electron chi connectivity index (χ2n) is 6.55. The van der Waals surface area contributed by atoms with E-state index in [2.05, 4.69) is 10.3 Å². The maximum Gasteiger partial charge on any atom is 0.339 e. The van der Waals surface area contributed by atoms with E-state index in [1.165, 1.54) is 13.0 Å². The summed E-state index contributed by atoms with van der Waals surface area (Å²) in [5.74, 6) is 0.0908. The Kier molecular flexibility index (Phi) is 4.90. The van der Waals surface area contributed by atoms with Gasteiger partial charge in [-0.3, -0.25) is 9.59 Å². The molecule has 0 bridgehead atoms. The standard InChI is InChI=1S/C21H18N2O6/c1-12(20(25)22-10-13-6-7-17-18(8-13)28-11-27-17)29-21(26)15-9-19(24)23-16-5-3-2-4-14(15)16/h2-9,12H,10-11H2,1H3,(H,22,25)(H,23,24). The van der Waals surface area contributed by atoms with E-state index < -0.39 is 23.5 Å². The summed E-state index contributed by atoms with van der Waals surface area (Å²) in [5, 5.41) is 3.26. The summed E-state index contributed by atoms with van der Waals surface area (Å²) in [4.78, 5) is 39.3. The Bertz CT molecular complexity index is 1150. The van der Waals surface area contributed by atoms with Crippen LogP contribution in [0.3, 0.4) is 0 Å². The zero-order valence-corrected chi connectivity index (χ0v) is 15.6. The zero-order chi connectivity index (χ0) is 20.4. The van der Waals surface area contributed by atoms with Crippen LogP contribution in [0, 0.1) is 0 Å². The average Bonchev–Trinajstić information content (AvgIpc) is 3.19. The highest BCUT2D eigenvalue weighted by molar-refractivity contribution is 6.03. The van der Waals surface area contributed by atoms with Gasteiger partial charge in [0, 0.05) is 23.5 Å². The molecule has 4 rings (SSSR count). The van der Waals surface area contributed by atoms with Crippen LogP contribution in [0.15, 0.2) is 53.3 Å². The summed E-state index contributed by atoms with van der Waals surface area (Å²) in [7, 11) is 0. The van der Waals surface area contributed by atoms with Gasteiger partial charge in [-0.25, -0.2) is 4.79 Å². The second kappa shape index (κ2) is 7.67. The van der Waals surface area contributed by atoms with Crippen molar-refractivity contribution >= 4 is 22.8 Å². The number of carbonyl (C=O) groups is 2. The third-order valence-corrected chi connectivity index (χ3v) is 4.53. The number of aromatic nitrogens is 1. The van der Waals surface area contributed by atoms with Crippen LogP contribution in [0.1, 0.15) is 22.8 Å². The first-order valence-corrected chi connectivity index (χ1v) is 9.00. The van der Waals surface area contributed by atoms with Crippen molar-refractivity contribution in [2.24, 2.45) is 0 Å². The lowest BCUT2D eigenvalue weighted by molar-refractivity contribution is -0.129. The number of hydrogen-bond donors (Lipinski definition) is 2. The van der Waals surface area contributed by atoms with Crippen LogP contribution >= 0.6 is 0 Å². The van der Waals surface area contributed by atoms with Gasteiger partial charge in [0.1, 0.15) is 0 Å². The predicted octanol–water partition coefficient (Wildman–Crippen LogP) is 2.12. The highest BCUT2D eigenvalue weighted by Crippen LogP contribution is 2.32. The summed E-state index contributed by atoms with van der Waals surface area (Å²) in [6.45, 7) is 1.89. The minimum Gasteiger partial charge on any atom is -0.454 e. The molecule has 0 spiro atoms. The number of benzene rings is 2. The number of nitrogens with one attached hydrogen (secondary N) is 2. The van der Waals surface area contributed by atoms with Gasteiger partial charge in [0.05, 0.1) is 5.56 Å². The molecule has 2 heterocycles. The van der Waals surface area contributed by atoms with Crippen molar-refractivity contribution in [3.05, 3.63) is 70.0 Å². The molecule has 1 aliphatic rings. The Morgan fingerprint density at radius 1 is 1.14 bits per heavy atom. The van der Waals surface area contributed by atoms with Crippen molar-refractivity contribution in [3.8, 4) is 11.5 Å². The Labute approximate surface area is 165 Å². The van der Waals surface area contributed by atoms with Gasteiger partial charge in [0.2, 0.25) is 12.4 Å². The number of rotatable bonds is 5. The van der Waals surface area contributed by atoms with Gasteiger partial charge in [0.25, 0.3) is 5.91 Å². The fraction of sp³-hybridized carbons (Fsp3) is 0.190. The van der Waals surface area contributed by atoms with Crippen molar-refractivity contribution in [1.29, 1.82) is 0 Å². The normalized spacial score (nSPS) is 13.1. The number of hydrogen-bond acceptors (Lipinski definition) is 6. The van der Waals surface area contributed by atoms with Crippen molar-refractivity contribution < 1.29 is 23.8 Å². The predicted molar refractivity (Wildman–Crippen MR) is 104 cm³/mol. The highest BCUT2D eigenvalue weighted by Gasteiger charge is 2.21. The largest absolute Gasteiger partial charge is 0.454 e. The molecule has 1 atom stereocenters. The number of carbonyl (C=O) groups excluding carboxylic acids is 2. The number of esters is 1. The minimum absolute atomic E-state index is 0.111. The number of pyridine rings is 1. The molecule has 0 aliphatic carbocycles. The lowest BCUT2D eigenvalue weighted by atomic mass is 10.1. The third kappa shape index (κ3) is 3.91. The van der Waals surface area contributed by atoms with Gasteiger partial charge in [-0.05, 0) is 30.7 Å². The number of para-hydroxylation sites is 1. The summed E-state index contributed by atoms with van der Waals surface area (Å²) in [6.07, 6.45) is -1.03. The summed E-state index contributed by atoms with van der Waals surface area (Å²) < 4.78 is 15.8. The molecule has 1 unspecified atom stereocenters. The molecule has 8 nitrogen and oxygen atoms in total. The smallest absolute Gasteiger partial charge is 0.339 e. The van der Waals surface area contributed by atoms with Crippen LogP contribution in [-0.2, 0) is 16.1 Å². The fourth-order valence-corrected chi connectivity index (χ4v) is 3.03. The van der Waals surface area contributed by atoms with E-state index in [-0.39, 0.29) is 18.9 Å². The van der Waals surface area contributed by atoms with Crippen LogP contribution in [0.2, 0.25) is 0 Å². The molecule has 8 heteroatoms. The molecule has 0 fully saturated rings. The lowest BCUT2D eigenvalue weighted by Gasteiger charge is -2.14. The first-order valence-electron chi connectivity index (χ1n) is 9.00. The van der Waals surface area contributed by atoms with Crippen LogP contribution in [-0.4, -0.2) is 29.8 Å². The molecular weight excluding hydrogens is 376 g/mol. The third-order valence-electron chi connectivity index (χ3n) is 4.53. The van der Waals surface area contributed by atoms with E-state index >= 15 is 0 Å². The molecule has 0 radical (unpaired) electrons. The first kappa shape index (κ1) is 18.5. The molecule has 1 aliphatic heterocycles. The molecule has 0 saturated heterocycles. The molecule has 1 aromatic heterocycles. The van der Waals surface area contributed by atoms with Crippen molar-refractivity contribution in [3.63, 3.8) is 0 Å². The van der Waals surface area contributed by atoms with Crippen LogP contribution in [0.25, 0.3) is 10.9 Å². The molecular formula is C21H18N2O6. The van der Waals surface area contributed by atoms with E-state index in [9.17, 15) is 14.4 Å². The fourth-order valence-electron chi connectivity index (χ4n) is 3.03. The first-order chi connectivity index (χ1) is 14.0. The molecule has 29 heavy (non-hydrogen) atoms. The summed E-state index contributed by atoms with van der Waals surface area (Å²) in [6, 6.07) is 13.4. The highest BCUT2D eigenvalue weighted by atomic mass is 16.7. The van der Waals surface area contributed by atoms with Gasteiger partial charge < -0.3 is 24.5 Å². The number of fused-ring (bicyclic) bond motifs is 2. The van der Waals surface area contributed by atoms with Gasteiger partial charge >= 0.3 is 5.97 Å². The maximum atomic E-state index is 12.5. The molecule has 2 N–H and O–H groups in total. The van der Waals surface area contributed by atoms with E-state index in [1.807, 2.05) is 6.07 Å². The quantitative estimate of drug-likeness (QED) is 0.642. The van der Waals surface area contributed by atoms with E-state index in [0.29, 0.717) is 22.4 Å². The van der Waals surface area contributed by atoms with Crippen molar-refractivity contribution in [1.82, 2.24) is 10.3 Å². The van der Waals surface area contributed by atoms with Crippen molar-refractivity contribution in [2.75, 3.05) is 6.79 Å². The molecule has 0 saturated carbocycles. The molecule has 2 aromatic carbocycles. The number of H-pyrrole nitrogens is 1. The Hall–Kier alpha value is -3.81. The number of ether oxygens (including phenoxy) is 3. The summed E-state index contributed by atoms with van der Waals surface area (Å²) >= 11 is 0. The average molecular weight is 394 g/mol. The summed E-state index contributed by atoms with van der Waals surface area (Å²) in [5.41, 5.74) is 1.03. The van der Waals surface area contributed by atoms with Gasteiger partial charge in [-0.2, -0.15) is 0 Å². The molecule has 3 aromatic rings. The molecule has 1 amide bonds. The monoisotopic (exact) mass is 394 g/mol. The topological polar surface area (TPSA) is 107 Å². The number of aromatic amines is 1. The van der Waals surface area contributed by atoms with E-state index in [4.69, 9.17) is 14.2 Å². The maximum absolute atomic E-state index is 12.5. The lowest BCUT2D eigenvalue weighted by Crippen LogP contribution is -2.35. The van der Waals surface area contributed by atoms with Crippen molar-refractivity contribution in [2.45, 2.75) is 19.6 Å². The van der Waals surface area contributed by atoms with Gasteiger partial charge in [0.15, 0.2) is 17.6 Å². The van der Waals surface area contributed by atoms with Crippen LogP contribution in [0.4, 0.5) is 0 Å². The van der Waals surface area contributed by atoms with E-state index in [1.54, 1.807) is 36.4 Å². The van der Waals surface area contributed by atoms with Gasteiger partial charge in [-0.1, -0.05) is 24.3 Å². The second-order valence-corrected chi connectivity index (χ2v) is 6.55. The molecule has 148 valence electrons. The van der Waals surface area contributed by atoms with Gasteiger partial charge in [-0.15, -0.1) is 0 Å².